The molecule has 5 atom stereocenters. The molecule has 0 aromatic carbocycles. The lowest BCUT2D eigenvalue weighted by atomic mass is 10.1. The number of aliphatic carboxylic acids is 2. The van der Waals surface area contributed by atoms with E-state index < -0.39 is 73.0 Å². The van der Waals surface area contributed by atoms with Crippen molar-refractivity contribution in [3.05, 3.63) is 0 Å². The van der Waals surface area contributed by atoms with E-state index in [0.717, 1.165) is 0 Å². The minimum atomic E-state index is -1.61. The molecule has 0 aromatic rings. The summed E-state index contributed by atoms with van der Waals surface area (Å²) in [5.41, 5.74) is 10.6. The number of nitrogens with two attached hydrogens (primary N) is 2. The number of aliphatic hydroxyl groups is 2. The number of hydrogen-bond donors (Lipinski definition) is 11. The smallest absolute Gasteiger partial charge is 0.326 e. The molecule has 0 bridgehead atoms. The highest BCUT2D eigenvalue weighted by atomic mass is 16.4. The first kappa shape index (κ1) is 30.5. The number of nitrogens with one attached hydrogen (secondary N) is 5. The zero-order chi connectivity index (χ0) is 26.4. The summed E-state index contributed by atoms with van der Waals surface area (Å²) >= 11 is 0. The Morgan fingerprint density at radius 3 is 1.91 bits per heavy atom. The topological polar surface area (TPSA) is 290 Å². The summed E-state index contributed by atoms with van der Waals surface area (Å²) in [4.78, 5) is 59.4. The number of amides is 3. The predicted molar refractivity (Wildman–Crippen MR) is 116 cm³/mol. The van der Waals surface area contributed by atoms with Gasteiger partial charge in [0.15, 0.2) is 5.96 Å². The maximum absolute atomic E-state index is 12.6. The molecule has 0 aliphatic rings. The maximum atomic E-state index is 12.6. The summed E-state index contributed by atoms with van der Waals surface area (Å²) < 4.78 is 0. The third-order valence-electron chi connectivity index (χ3n) is 4.52. The molecule has 0 aliphatic heterocycles. The average molecular weight is 492 g/mol. The molecule has 16 heteroatoms. The van der Waals surface area contributed by atoms with E-state index in [-0.39, 0.29) is 31.8 Å². The quantitative estimate of drug-likeness (QED) is 0.0552. The van der Waals surface area contributed by atoms with Crippen LogP contribution < -0.4 is 32.7 Å². The molecule has 16 nitrogen and oxygen atoms in total. The number of carbonyl (C=O) groups is 5. The van der Waals surface area contributed by atoms with E-state index in [1.807, 2.05) is 0 Å². The van der Waals surface area contributed by atoms with Gasteiger partial charge in [-0.15, -0.1) is 0 Å². The van der Waals surface area contributed by atoms with E-state index >= 15 is 0 Å². The fourth-order valence-electron chi connectivity index (χ4n) is 2.55. The highest BCUT2D eigenvalue weighted by molar-refractivity contribution is 5.94. The van der Waals surface area contributed by atoms with Gasteiger partial charge >= 0.3 is 11.9 Å². The van der Waals surface area contributed by atoms with E-state index in [2.05, 4.69) is 21.3 Å². The van der Waals surface area contributed by atoms with Gasteiger partial charge in [-0.25, -0.2) is 4.79 Å². The summed E-state index contributed by atoms with van der Waals surface area (Å²) in [6, 6.07) is -5.87. The molecule has 13 N–H and O–H groups in total. The monoisotopic (exact) mass is 491 g/mol. The van der Waals surface area contributed by atoms with Crippen LogP contribution in [0.3, 0.4) is 0 Å². The second-order valence-electron chi connectivity index (χ2n) is 7.39. The van der Waals surface area contributed by atoms with Crippen LogP contribution in [0.5, 0.6) is 0 Å². The Kier molecular flexibility index (Phi) is 13.8. The number of hydrogen-bond acceptors (Lipinski definition) is 9. The van der Waals surface area contributed by atoms with Gasteiger partial charge in [-0.1, -0.05) is 0 Å². The fourth-order valence-corrected chi connectivity index (χ4v) is 2.55. The molecule has 34 heavy (non-hydrogen) atoms. The zero-order valence-corrected chi connectivity index (χ0v) is 18.6. The Hall–Kier alpha value is -3.50. The molecule has 0 saturated carbocycles. The fraction of sp³-hybridized carbons (Fsp3) is 0.667. The van der Waals surface area contributed by atoms with E-state index in [9.17, 15) is 39.3 Å². The van der Waals surface area contributed by atoms with Gasteiger partial charge in [0.2, 0.25) is 17.7 Å². The van der Waals surface area contributed by atoms with Crippen LogP contribution in [0.1, 0.15) is 32.6 Å². The van der Waals surface area contributed by atoms with Gasteiger partial charge in [0.05, 0.1) is 12.7 Å². The lowest BCUT2D eigenvalue weighted by Crippen LogP contribution is -2.59. The van der Waals surface area contributed by atoms with Gasteiger partial charge < -0.3 is 53.2 Å². The molecule has 0 heterocycles. The first-order chi connectivity index (χ1) is 15.8. The van der Waals surface area contributed by atoms with E-state index in [1.54, 1.807) is 0 Å². The lowest BCUT2D eigenvalue weighted by Gasteiger charge is -2.24. The average Bonchev–Trinajstić information content (AvgIpc) is 2.75. The molecule has 0 spiro atoms. The molecule has 0 radical (unpaired) electrons. The van der Waals surface area contributed by atoms with Crippen molar-refractivity contribution in [2.45, 2.75) is 62.9 Å². The van der Waals surface area contributed by atoms with Crippen LogP contribution in [0.15, 0.2) is 0 Å². The van der Waals surface area contributed by atoms with Crippen LogP contribution in [0.4, 0.5) is 0 Å². The normalized spacial score (nSPS) is 15.1. The van der Waals surface area contributed by atoms with Gasteiger partial charge in [-0.3, -0.25) is 24.6 Å². The number of rotatable bonds is 16. The molecule has 0 rings (SSSR count). The van der Waals surface area contributed by atoms with Crippen molar-refractivity contribution >= 4 is 35.6 Å². The number of carboxylic acid groups (broad SMARTS) is 2. The van der Waals surface area contributed by atoms with Gasteiger partial charge in [-0.05, 0) is 26.2 Å². The van der Waals surface area contributed by atoms with Crippen molar-refractivity contribution in [3.63, 3.8) is 0 Å². The highest BCUT2D eigenvalue weighted by Gasteiger charge is 2.30. The molecule has 0 unspecified atom stereocenters. The van der Waals surface area contributed by atoms with Crippen LogP contribution in [0.25, 0.3) is 0 Å². The zero-order valence-electron chi connectivity index (χ0n) is 18.6. The number of guanidine groups is 1. The second kappa shape index (κ2) is 15.4. The number of aliphatic hydroxyl groups excluding tert-OH is 2. The van der Waals surface area contributed by atoms with Gasteiger partial charge in [0.1, 0.15) is 24.2 Å². The molecule has 0 fully saturated rings. The molecule has 0 aliphatic carbocycles. The maximum Gasteiger partial charge on any atom is 0.326 e. The van der Waals surface area contributed by atoms with Crippen molar-refractivity contribution in [2.75, 3.05) is 13.2 Å². The Labute approximate surface area is 194 Å². The molecule has 0 saturated heterocycles. The van der Waals surface area contributed by atoms with Crippen LogP contribution >= 0.6 is 0 Å². The summed E-state index contributed by atoms with van der Waals surface area (Å²) in [5.74, 6) is -5.97. The Morgan fingerprint density at radius 2 is 1.44 bits per heavy atom. The summed E-state index contributed by atoms with van der Waals surface area (Å²) in [6.07, 6.45) is -2.02. The Bertz CT molecular complexity index is 747. The summed E-state index contributed by atoms with van der Waals surface area (Å²) in [5, 5.41) is 53.1. The van der Waals surface area contributed by atoms with Crippen molar-refractivity contribution in [1.29, 1.82) is 5.41 Å². The second-order valence-corrected chi connectivity index (χ2v) is 7.39. The molecular weight excluding hydrogens is 458 g/mol. The SMILES string of the molecule is C[C@@H](O)[C@H](N)C(=O)N[C@@H](CCC(=O)O)C(=O)N[C@@H](CO)C(=O)N[C@@H](CCCNC(=N)N)C(=O)O. The number of carbonyl (C=O) groups excluding carboxylic acids is 3. The molecular formula is C18H33N7O9. The molecule has 3 amide bonds. The largest absolute Gasteiger partial charge is 0.481 e. The molecule has 0 aromatic heterocycles. The van der Waals surface area contributed by atoms with Crippen LogP contribution in [-0.2, 0) is 24.0 Å². The predicted octanol–water partition coefficient (Wildman–Crippen LogP) is -4.65. The summed E-state index contributed by atoms with van der Waals surface area (Å²) in [7, 11) is 0. The third kappa shape index (κ3) is 11.9. The van der Waals surface area contributed by atoms with E-state index in [1.165, 1.54) is 6.92 Å². The standard InChI is InChI=1S/C18H33N7O9/c1-8(27)13(19)16(32)23-9(4-5-12(28)29)14(30)25-11(7-26)15(31)24-10(17(33)34)3-2-6-22-18(20)21/h8-11,13,26-27H,2-7,19H2,1H3,(H,23,32)(H,24,31)(H,25,30)(H,28,29)(H,33,34)(H4,20,21,22)/t8-,9+,10+,11+,13+/m1/s1. The minimum Gasteiger partial charge on any atom is -0.481 e. The van der Waals surface area contributed by atoms with Gasteiger partial charge in [-0.2, -0.15) is 0 Å². The molecule has 194 valence electrons. The highest BCUT2D eigenvalue weighted by Crippen LogP contribution is 2.03. The van der Waals surface area contributed by atoms with E-state index in [4.69, 9.17) is 22.0 Å². The van der Waals surface area contributed by atoms with E-state index in [0.29, 0.717) is 0 Å². The van der Waals surface area contributed by atoms with Crippen molar-refractivity contribution in [3.8, 4) is 0 Å². The van der Waals surface area contributed by atoms with Crippen LogP contribution in [-0.4, -0.2) is 99.5 Å². The van der Waals surface area contributed by atoms with Crippen molar-refractivity contribution in [2.24, 2.45) is 11.5 Å². The Morgan fingerprint density at radius 1 is 0.912 bits per heavy atom. The van der Waals surface area contributed by atoms with Crippen LogP contribution in [0, 0.1) is 5.41 Å². The van der Waals surface area contributed by atoms with Crippen molar-refractivity contribution in [1.82, 2.24) is 21.3 Å². The number of carboxylic acids is 2. The first-order valence-corrected chi connectivity index (χ1v) is 10.3. The van der Waals surface area contributed by atoms with Crippen molar-refractivity contribution < 1.29 is 44.4 Å². The third-order valence-corrected chi connectivity index (χ3v) is 4.52. The minimum absolute atomic E-state index is 0.0536. The van der Waals surface area contributed by atoms with Gasteiger partial charge in [0, 0.05) is 13.0 Å². The Balaban J connectivity index is 5.21. The van der Waals surface area contributed by atoms with Gasteiger partial charge in [0.25, 0.3) is 0 Å². The lowest BCUT2D eigenvalue weighted by molar-refractivity contribution is -0.142. The van der Waals surface area contributed by atoms with Crippen LogP contribution in [0.2, 0.25) is 0 Å². The first-order valence-electron chi connectivity index (χ1n) is 10.3. The summed E-state index contributed by atoms with van der Waals surface area (Å²) in [6.45, 7) is 0.481.